The molecule has 0 atom stereocenters. The average molecular weight is 206 g/mol. The quantitative estimate of drug-likeness (QED) is 0.786. The summed E-state index contributed by atoms with van der Waals surface area (Å²) in [5, 5.41) is 3.69. The van der Waals surface area contributed by atoms with Crippen LogP contribution in [0.4, 0.5) is 10.9 Å². The Labute approximate surface area is 85.8 Å². The van der Waals surface area contributed by atoms with Crippen LogP contribution in [0.25, 0.3) is 10.6 Å². The molecule has 0 radical (unpaired) electrons. The van der Waals surface area contributed by atoms with Gasteiger partial charge in [0.05, 0.1) is 15.6 Å². The van der Waals surface area contributed by atoms with Crippen molar-refractivity contribution < 1.29 is 0 Å². The lowest BCUT2D eigenvalue weighted by Crippen LogP contribution is -1.95. The van der Waals surface area contributed by atoms with E-state index in [4.69, 9.17) is 5.73 Å². The normalized spacial score (nSPS) is 10.1. The van der Waals surface area contributed by atoms with E-state index < -0.39 is 0 Å². The van der Waals surface area contributed by atoms with Crippen LogP contribution in [0.3, 0.4) is 0 Å². The molecule has 3 N–H and O–H groups in total. The standard InChI is InChI=1S/C9H10N4S/c1-11-9-12-5-4-6(13-9)7-2-3-8(10)14-7/h2-5H,10H2,1H3,(H,11,12,13). The number of anilines is 2. The van der Waals surface area contributed by atoms with Crippen molar-refractivity contribution in [3.05, 3.63) is 24.4 Å². The van der Waals surface area contributed by atoms with Crippen LogP contribution in [0.1, 0.15) is 0 Å². The molecule has 0 bridgehead atoms. The highest BCUT2D eigenvalue weighted by atomic mass is 32.1. The van der Waals surface area contributed by atoms with Gasteiger partial charge in [-0.1, -0.05) is 0 Å². The van der Waals surface area contributed by atoms with Crippen LogP contribution in [-0.4, -0.2) is 17.0 Å². The summed E-state index contributed by atoms with van der Waals surface area (Å²) in [5.74, 6) is 0.620. The Morgan fingerprint density at radius 1 is 1.36 bits per heavy atom. The van der Waals surface area contributed by atoms with Crippen LogP contribution in [0, 0.1) is 0 Å². The van der Waals surface area contributed by atoms with E-state index >= 15 is 0 Å². The highest BCUT2D eigenvalue weighted by Crippen LogP contribution is 2.27. The summed E-state index contributed by atoms with van der Waals surface area (Å²) in [6.45, 7) is 0. The summed E-state index contributed by atoms with van der Waals surface area (Å²) in [5.41, 5.74) is 6.54. The molecular weight excluding hydrogens is 196 g/mol. The summed E-state index contributed by atoms with van der Waals surface area (Å²) in [6, 6.07) is 5.70. The van der Waals surface area contributed by atoms with Gasteiger partial charge < -0.3 is 11.1 Å². The van der Waals surface area contributed by atoms with E-state index in [0.717, 1.165) is 15.6 Å². The van der Waals surface area contributed by atoms with Crippen molar-refractivity contribution in [2.75, 3.05) is 18.1 Å². The number of hydrogen-bond acceptors (Lipinski definition) is 5. The van der Waals surface area contributed by atoms with Gasteiger partial charge in [0.15, 0.2) is 0 Å². The predicted octanol–water partition coefficient (Wildman–Crippen LogP) is 1.83. The molecule has 2 heterocycles. The lowest BCUT2D eigenvalue weighted by Gasteiger charge is -1.99. The zero-order valence-electron chi connectivity index (χ0n) is 7.69. The fourth-order valence-electron chi connectivity index (χ4n) is 1.11. The van der Waals surface area contributed by atoms with Crippen LogP contribution < -0.4 is 11.1 Å². The molecule has 0 aliphatic rings. The van der Waals surface area contributed by atoms with Crippen LogP contribution in [-0.2, 0) is 0 Å². The van der Waals surface area contributed by atoms with Crippen LogP contribution in [0.5, 0.6) is 0 Å². The van der Waals surface area contributed by atoms with Crippen molar-refractivity contribution in [3.63, 3.8) is 0 Å². The molecule has 4 nitrogen and oxygen atoms in total. The van der Waals surface area contributed by atoms with Gasteiger partial charge in [0.1, 0.15) is 0 Å². The third-order valence-corrected chi connectivity index (χ3v) is 2.70. The number of nitrogens with one attached hydrogen (secondary N) is 1. The number of hydrogen-bond donors (Lipinski definition) is 2. The van der Waals surface area contributed by atoms with E-state index in [1.807, 2.05) is 18.2 Å². The first kappa shape index (κ1) is 8.96. The smallest absolute Gasteiger partial charge is 0.222 e. The van der Waals surface area contributed by atoms with Gasteiger partial charge in [-0.25, -0.2) is 9.97 Å². The average Bonchev–Trinajstić information content (AvgIpc) is 2.65. The Hall–Kier alpha value is -1.62. The van der Waals surface area contributed by atoms with E-state index in [0.29, 0.717) is 5.95 Å². The topological polar surface area (TPSA) is 63.8 Å². The van der Waals surface area contributed by atoms with Crippen molar-refractivity contribution in [1.29, 1.82) is 0 Å². The zero-order chi connectivity index (χ0) is 9.97. The van der Waals surface area contributed by atoms with Gasteiger partial charge in [-0.05, 0) is 18.2 Å². The van der Waals surface area contributed by atoms with E-state index in [1.54, 1.807) is 13.2 Å². The molecule has 0 fully saturated rings. The highest BCUT2D eigenvalue weighted by Gasteiger charge is 2.03. The second kappa shape index (κ2) is 3.63. The fourth-order valence-corrected chi connectivity index (χ4v) is 1.85. The number of aromatic nitrogens is 2. The van der Waals surface area contributed by atoms with Gasteiger partial charge in [-0.2, -0.15) is 0 Å². The Morgan fingerprint density at radius 3 is 2.86 bits per heavy atom. The Kier molecular flexibility index (Phi) is 2.32. The Morgan fingerprint density at radius 2 is 2.21 bits per heavy atom. The molecule has 2 aromatic heterocycles. The first-order chi connectivity index (χ1) is 6.79. The molecule has 0 saturated heterocycles. The number of nitrogens with two attached hydrogens (primary N) is 1. The monoisotopic (exact) mass is 206 g/mol. The van der Waals surface area contributed by atoms with Crippen LogP contribution in [0.2, 0.25) is 0 Å². The van der Waals surface area contributed by atoms with Crippen molar-refractivity contribution in [2.24, 2.45) is 0 Å². The molecule has 0 spiro atoms. The first-order valence-corrected chi connectivity index (χ1v) is 4.98. The largest absolute Gasteiger partial charge is 0.391 e. The van der Waals surface area contributed by atoms with E-state index in [2.05, 4.69) is 15.3 Å². The minimum Gasteiger partial charge on any atom is -0.391 e. The lowest BCUT2D eigenvalue weighted by atomic mass is 10.3. The fraction of sp³-hybridized carbons (Fsp3) is 0.111. The molecule has 2 rings (SSSR count). The molecule has 0 aliphatic carbocycles. The van der Waals surface area contributed by atoms with Gasteiger partial charge in [0, 0.05) is 13.2 Å². The van der Waals surface area contributed by atoms with Gasteiger partial charge in [-0.15, -0.1) is 11.3 Å². The SMILES string of the molecule is CNc1nccc(-c2ccc(N)s2)n1. The van der Waals surface area contributed by atoms with Crippen LogP contribution in [0.15, 0.2) is 24.4 Å². The molecule has 72 valence electrons. The maximum atomic E-state index is 5.65. The van der Waals surface area contributed by atoms with E-state index in [-0.39, 0.29) is 0 Å². The van der Waals surface area contributed by atoms with Gasteiger partial charge in [-0.3, -0.25) is 0 Å². The summed E-state index contributed by atoms with van der Waals surface area (Å²) >= 11 is 1.52. The molecular formula is C9H10N4S. The third kappa shape index (κ3) is 1.67. The predicted molar refractivity (Wildman–Crippen MR) is 59.3 cm³/mol. The minimum atomic E-state index is 0.620. The zero-order valence-corrected chi connectivity index (χ0v) is 8.51. The third-order valence-electron chi connectivity index (χ3n) is 1.76. The minimum absolute atomic E-state index is 0.620. The maximum absolute atomic E-state index is 5.65. The van der Waals surface area contributed by atoms with Gasteiger partial charge in [0.25, 0.3) is 0 Å². The van der Waals surface area contributed by atoms with E-state index in [1.165, 1.54) is 11.3 Å². The van der Waals surface area contributed by atoms with Gasteiger partial charge >= 0.3 is 0 Å². The molecule has 0 saturated carbocycles. The van der Waals surface area contributed by atoms with Crippen molar-refractivity contribution in [1.82, 2.24) is 9.97 Å². The van der Waals surface area contributed by atoms with Crippen molar-refractivity contribution in [2.45, 2.75) is 0 Å². The van der Waals surface area contributed by atoms with Crippen LogP contribution >= 0.6 is 11.3 Å². The summed E-state index contributed by atoms with van der Waals surface area (Å²) < 4.78 is 0. The van der Waals surface area contributed by atoms with Crippen molar-refractivity contribution >= 4 is 22.3 Å². The molecule has 0 amide bonds. The summed E-state index contributed by atoms with van der Waals surface area (Å²) in [6.07, 6.45) is 1.73. The Bertz CT molecular complexity index is 438. The lowest BCUT2D eigenvalue weighted by molar-refractivity contribution is 1.16. The molecule has 0 aromatic carbocycles. The van der Waals surface area contributed by atoms with Crippen molar-refractivity contribution in [3.8, 4) is 10.6 Å². The molecule has 0 unspecified atom stereocenters. The molecule has 2 aromatic rings. The van der Waals surface area contributed by atoms with Gasteiger partial charge in [0.2, 0.25) is 5.95 Å². The summed E-state index contributed by atoms with van der Waals surface area (Å²) in [7, 11) is 1.79. The molecule has 0 aliphatic heterocycles. The second-order valence-corrected chi connectivity index (χ2v) is 3.83. The Balaban J connectivity index is 2.41. The molecule has 14 heavy (non-hydrogen) atoms. The number of rotatable bonds is 2. The second-order valence-electron chi connectivity index (χ2n) is 2.72. The van der Waals surface area contributed by atoms with E-state index in [9.17, 15) is 0 Å². The number of nitrogen functional groups attached to an aromatic ring is 1. The number of thiophene rings is 1. The number of nitrogens with zero attached hydrogens (tertiary/aromatic N) is 2. The molecule has 5 heteroatoms. The summed E-state index contributed by atoms with van der Waals surface area (Å²) in [4.78, 5) is 9.41. The maximum Gasteiger partial charge on any atom is 0.222 e. The first-order valence-electron chi connectivity index (χ1n) is 4.16. The highest BCUT2D eigenvalue weighted by molar-refractivity contribution is 7.19.